The Morgan fingerprint density at radius 3 is 1.34 bits per heavy atom. The summed E-state index contributed by atoms with van der Waals surface area (Å²) in [4.78, 5) is 54.8. The van der Waals surface area contributed by atoms with Crippen molar-refractivity contribution in [3.8, 4) is 45.8 Å². The van der Waals surface area contributed by atoms with Crippen LogP contribution in [0.3, 0.4) is 0 Å². The van der Waals surface area contributed by atoms with Crippen LogP contribution in [0, 0.1) is 34.9 Å². The van der Waals surface area contributed by atoms with Gasteiger partial charge in [0.25, 0.3) is 11.8 Å². The molecule has 10 aromatic rings. The molecule has 4 aromatic heterocycles. The van der Waals surface area contributed by atoms with Gasteiger partial charge in [-0.15, -0.1) is 0 Å². The van der Waals surface area contributed by atoms with Crippen LogP contribution in [0.5, 0.6) is 23.5 Å². The van der Waals surface area contributed by atoms with Crippen LogP contribution in [-0.2, 0) is 39.0 Å². The highest BCUT2D eigenvalue weighted by atomic mass is 19.2. The van der Waals surface area contributed by atoms with Gasteiger partial charge in [-0.25, -0.2) is 35.1 Å². The first-order chi connectivity index (χ1) is 49.9. The van der Waals surface area contributed by atoms with Crippen molar-refractivity contribution < 1.29 is 64.4 Å². The van der Waals surface area contributed by atoms with E-state index in [9.17, 15) is 28.6 Å². The van der Waals surface area contributed by atoms with Crippen molar-refractivity contribution in [3.05, 3.63) is 142 Å². The molecule has 20 nitrogen and oxygen atoms in total. The average molecular weight is 1440 g/mol. The molecule has 544 valence electrons. The van der Waals surface area contributed by atoms with Gasteiger partial charge in [0.05, 0.1) is 46.7 Å². The molecule has 0 radical (unpaired) electrons. The van der Waals surface area contributed by atoms with E-state index in [0.717, 1.165) is 50.2 Å². The maximum Gasteiger partial charge on any atom is 0.319 e. The molecule has 10 heterocycles. The van der Waals surface area contributed by atoms with Crippen molar-refractivity contribution in [2.75, 3.05) is 90.5 Å². The number of fused-ring (bicyclic) bond motifs is 8. The van der Waals surface area contributed by atoms with E-state index in [4.69, 9.17) is 19.4 Å². The summed E-state index contributed by atoms with van der Waals surface area (Å²) in [7, 11) is 6.59. The first kappa shape index (κ1) is 69.7. The molecule has 104 heavy (non-hydrogen) atoms. The summed E-state index contributed by atoms with van der Waals surface area (Å²) in [5.41, 5.74) is 0.0455. The normalized spacial score (nSPS) is 20.4. The Kier molecular flexibility index (Phi) is 18.3. The molecule has 0 bridgehead atoms. The van der Waals surface area contributed by atoms with Gasteiger partial charge in [0, 0.05) is 91.1 Å². The maximum atomic E-state index is 17.1. The molecule has 6 aliphatic rings. The average Bonchev–Trinajstić information content (AvgIpc) is 1.63. The number of alkyl halides is 2. The van der Waals surface area contributed by atoms with Crippen LogP contribution in [0.25, 0.3) is 65.6 Å². The number of carbonyl (C=O) groups excluding carboxylic acids is 2. The summed E-state index contributed by atoms with van der Waals surface area (Å²) in [5, 5.41) is 31.9. The number of aromatic hydroxyl groups is 2. The number of halogens is 8. The number of ether oxygens (including phenoxy) is 2. The molecule has 6 aromatic carbocycles. The van der Waals surface area contributed by atoms with Gasteiger partial charge in [0.15, 0.2) is 23.0 Å². The third-order valence-electron chi connectivity index (χ3n) is 21.6. The highest BCUT2D eigenvalue weighted by molar-refractivity contribution is 6.05. The fraction of sp³-hybridized carbons (Fsp3) is 0.421. The first-order valence-corrected chi connectivity index (χ1v) is 35.3. The Morgan fingerprint density at radius 2 is 0.942 bits per heavy atom. The van der Waals surface area contributed by atoms with Crippen LogP contribution in [0.1, 0.15) is 109 Å². The number of aryl methyl sites for hydroxylation is 4. The number of rotatable bonds is 14. The predicted molar refractivity (Wildman–Crippen MR) is 376 cm³/mol. The number of phenols is 2. The molecule has 2 amide bonds. The van der Waals surface area contributed by atoms with Gasteiger partial charge in [0.2, 0.25) is 0 Å². The lowest BCUT2D eigenvalue weighted by Crippen LogP contribution is -2.43. The number of hydrogen-bond acceptors (Lipinski definition) is 16. The van der Waals surface area contributed by atoms with Gasteiger partial charge < -0.3 is 39.3 Å². The second kappa shape index (κ2) is 27.3. The zero-order chi connectivity index (χ0) is 72.9. The molecular formula is C76H78F8N14O6. The van der Waals surface area contributed by atoms with E-state index >= 15 is 26.3 Å². The van der Waals surface area contributed by atoms with Crippen molar-refractivity contribution in [1.29, 1.82) is 0 Å². The third-order valence-corrected chi connectivity index (χ3v) is 21.6. The molecule has 0 saturated carbocycles. The molecule has 4 fully saturated rings. The minimum absolute atomic E-state index is 0.0110. The van der Waals surface area contributed by atoms with Crippen LogP contribution in [0.4, 0.5) is 46.8 Å². The minimum atomic E-state index is -1.02. The van der Waals surface area contributed by atoms with Crippen LogP contribution in [0.15, 0.2) is 72.8 Å². The number of carbonyl (C=O) groups is 2. The van der Waals surface area contributed by atoms with Gasteiger partial charge >= 0.3 is 12.0 Å². The summed E-state index contributed by atoms with van der Waals surface area (Å²) in [5.74, 6) is -5.52. The van der Waals surface area contributed by atoms with Crippen molar-refractivity contribution in [2.24, 2.45) is 0 Å². The summed E-state index contributed by atoms with van der Waals surface area (Å²) >= 11 is 0. The molecule has 4 saturated heterocycles. The maximum absolute atomic E-state index is 17.1. The van der Waals surface area contributed by atoms with Crippen LogP contribution < -0.4 is 19.3 Å². The van der Waals surface area contributed by atoms with E-state index in [2.05, 4.69) is 30.0 Å². The van der Waals surface area contributed by atoms with Gasteiger partial charge in [0.1, 0.15) is 83.0 Å². The summed E-state index contributed by atoms with van der Waals surface area (Å²) < 4.78 is 143. The second-order valence-electron chi connectivity index (χ2n) is 28.7. The molecule has 0 spiro atoms. The topological polar surface area (TPSA) is 200 Å². The Bertz CT molecular complexity index is 4800. The Labute approximate surface area is 593 Å². The SMILES string of the molecule is CCc1c(F)ccc2cc(O)cc(-c3c(F)cc4c(N5CCCn6nc(C(=O)N(C)C)cc6C5)nc(OC[C@@]56CCCN5C[C@H](F)C6)nc4c3F)c12.CCc1c(F)ccc2cc(O)cc(-c3c(F)cc4c(N5CCCn6nc(C(=O)N(C)C)cc6C5)nc(OC[C@@]56CCCN5C[C@H](F)C6)nc4c3F)c12. The lowest BCUT2D eigenvalue weighted by molar-refractivity contribution is 0.0814. The lowest BCUT2D eigenvalue weighted by Gasteiger charge is -2.31. The highest BCUT2D eigenvalue weighted by Gasteiger charge is 2.51. The van der Waals surface area contributed by atoms with E-state index in [1.807, 2.05) is 9.80 Å². The molecule has 4 atom stereocenters. The Balaban J connectivity index is 0.000000167. The van der Waals surface area contributed by atoms with Crippen LogP contribution >= 0.6 is 0 Å². The third kappa shape index (κ3) is 12.4. The molecule has 6 aliphatic heterocycles. The van der Waals surface area contributed by atoms with E-state index in [-0.39, 0.29) is 152 Å². The molecule has 2 N–H and O–H groups in total. The molecule has 28 heteroatoms. The Hall–Kier alpha value is -9.96. The number of benzene rings is 6. The molecular weight excluding hydrogens is 1360 g/mol. The van der Waals surface area contributed by atoms with E-state index in [0.29, 0.717) is 75.7 Å². The predicted octanol–water partition coefficient (Wildman–Crippen LogP) is 12.8. The zero-order valence-electron chi connectivity index (χ0n) is 58.5. The highest BCUT2D eigenvalue weighted by Crippen LogP contribution is 2.47. The monoisotopic (exact) mass is 1430 g/mol. The largest absolute Gasteiger partial charge is 0.508 e. The number of anilines is 2. The molecule has 16 rings (SSSR count). The second-order valence-corrected chi connectivity index (χ2v) is 28.7. The van der Waals surface area contributed by atoms with Gasteiger partial charge in [-0.1, -0.05) is 26.0 Å². The van der Waals surface area contributed by atoms with Crippen molar-refractivity contribution in [2.45, 2.75) is 128 Å². The van der Waals surface area contributed by atoms with Crippen molar-refractivity contribution >= 4 is 66.8 Å². The van der Waals surface area contributed by atoms with Gasteiger partial charge in [-0.2, -0.15) is 30.1 Å². The zero-order valence-corrected chi connectivity index (χ0v) is 58.5. The number of phenolic OH excluding ortho intramolecular Hbond substituents is 2. The number of hydrogen-bond donors (Lipinski definition) is 2. The number of amides is 2. The van der Waals surface area contributed by atoms with Crippen molar-refractivity contribution in [1.82, 2.24) is 59.1 Å². The van der Waals surface area contributed by atoms with E-state index < -0.39 is 69.5 Å². The van der Waals surface area contributed by atoms with Crippen LogP contribution in [-0.4, -0.2) is 185 Å². The fourth-order valence-corrected chi connectivity index (χ4v) is 16.8. The van der Waals surface area contributed by atoms with Gasteiger partial charge in [-0.05, 0) is 169 Å². The van der Waals surface area contributed by atoms with E-state index in [1.54, 1.807) is 63.5 Å². The standard InChI is InChI=1S/2C38H39F4N7O3/c2*1-4-25-28(40)8-7-21-13-24(50)15-26(31(21)25)32-29(41)16-27-34(33(32)42)43-37(52-20-38-9-5-11-48(38)18-22(39)17-38)44-35(27)47-10-6-12-49-23(19-47)14-30(45-49)36(51)46(2)3/h2*7-8,13-16,22,50H,4-6,9-12,17-20H2,1-3H3/t2*22-,38+/m11/s1. The molecule has 0 unspecified atom stereocenters. The lowest BCUT2D eigenvalue weighted by atomic mass is 9.91. The number of aromatic nitrogens is 8. The summed E-state index contributed by atoms with van der Waals surface area (Å²) in [6.45, 7) is 8.17. The van der Waals surface area contributed by atoms with E-state index in [1.165, 1.54) is 70.5 Å². The fourth-order valence-electron chi connectivity index (χ4n) is 16.8. The van der Waals surface area contributed by atoms with Crippen molar-refractivity contribution in [3.63, 3.8) is 0 Å². The molecule has 0 aliphatic carbocycles. The quantitative estimate of drug-likeness (QED) is 0.0973. The van der Waals surface area contributed by atoms with Crippen LogP contribution in [0.2, 0.25) is 0 Å². The Morgan fingerprint density at radius 1 is 0.529 bits per heavy atom. The summed E-state index contributed by atoms with van der Waals surface area (Å²) in [6, 6.07) is 16.3. The minimum Gasteiger partial charge on any atom is -0.508 e. The first-order valence-electron chi connectivity index (χ1n) is 35.3. The smallest absolute Gasteiger partial charge is 0.319 e. The summed E-state index contributed by atoms with van der Waals surface area (Å²) in [6.07, 6.45) is 3.58. The van der Waals surface area contributed by atoms with Gasteiger partial charge in [-0.3, -0.25) is 28.8 Å². The number of nitrogens with zero attached hydrogens (tertiary/aromatic N) is 14.